The van der Waals surface area contributed by atoms with Crippen molar-refractivity contribution in [3.8, 4) is 11.5 Å². The third-order valence-corrected chi connectivity index (χ3v) is 5.95. The molecule has 32 heavy (non-hydrogen) atoms. The van der Waals surface area contributed by atoms with Gasteiger partial charge in [0.15, 0.2) is 17.3 Å². The van der Waals surface area contributed by atoms with E-state index in [9.17, 15) is 9.59 Å². The Morgan fingerprint density at radius 2 is 1.81 bits per heavy atom. The molecule has 0 radical (unpaired) electrons. The van der Waals surface area contributed by atoms with Crippen LogP contribution in [0.15, 0.2) is 71.1 Å². The summed E-state index contributed by atoms with van der Waals surface area (Å²) in [7, 11) is 3.13. The van der Waals surface area contributed by atoms with Crippen molar-refractivity contribution >= 4 is 11.8 Å². The van der Waals surface area contributed by atoms with Gasteiger partial charge < -0.3 is 19.5 Å². The Morgan fingerprint density at radius 3 is 2.53 bits per heavy atom. The quantitative estimate of drug-likeness (QED) is 0.680. The summed E-state index contributed by atoms with van der Waals surface area (Å²) < 4.78 is 16.9. The van der Waals surface area contributed by atoms with Crippen LogP contribution in [0.2, 0.25) is 0 Å². The van der Waals surface area contributed by atoms with E-state index in [-0.39, 0.29) is 12.4 Å². The molecule has 0 saturated heterocycles. The number of rotatable bonds is 6. The largest absolute Gasteiger partial charge is 0.493 e. The minimum absolute atomic E-state index is 0.0366. The molecule has 166 valence electrons. The van der Waals surface area contributed by atoms with Crippen LogP contribution in [0.3, 0.4) is 0 Å². The fraction of sp³-hybridized carbons (Fsp3) is 0.308. The number of nitrogens with one attached hydrogen (secondary N) is 1. The lowest BCUT2D eigenvalue weighted by molar-refractivity contribution is -0.140. The van der Waals surface area contributed by atoms with Gasteiger partial charge >= 0.3 is 5.97 Å². The molecule has 1 N–H and O–H groups in total. The fourth-order valence-corrected chi connectivity index (χ4v) is 4.51. The second-order valence-corrected chi connectivity index (χ2v) is 7.91. The Morgan fingerprint density at radius 1 is 1.03 bits per heavy atom. The number of benzene rings is 2. The van der Waals surface area contributed by atoms with E-state index in [1.807, 2.05) is 49.4 Å². The van der Waals surface area contributed by atoms with E-state index >= 15 is 0 Å². The van der Waals surface area contributed by atoms with Gasteiger partial charge in [-0.3, -0.25) is 4.79 Å². The molecular formula is C26H27NO5. The Labute approximate surface area is 187 Å². The molecule has 2 aromatic rings. The average Bonchev–Trinajstić information content (AvgIpc) is 2.81. The van der Waals surface area contributed by atoms with Gasteiger partial charge in [0.2, 0.25) is 0 Å². The zero-order chi connectivity index (χ0) is 22.7. The van der Waals surface area contributed by atoms with Gasteiger partial charge in [-0.25, -0.2) is 4.79 Å². The first-order valence-electron chi connectivity index (χ1n) is 10.7. The van der Waals surface area contributed by atoms with Gasteiger partial charge in [0.1, 0.15) is 6.61 Å². The topological polar surface area (TPSA) is 73.9 Å². The molecule has 4 rings (SSSR count). The number of para-hydroxylation sites is 1. The van der Waals surface area contributed by atoms with Gasteiger partial charge in [-0.2, -0.15) is 0 Å². The lowest BCUT2D eigenvalue weighted by atomic mass is 9.75. The molecule has 6 nitrogen and oxygen atoms in total. The van der Waals surface area contributed by atoms with Crippen LogP contribution in [-0.2, 0) is 20.9 Å². The molecule has 1 aliphatic carbocycles. The van der Waals surface area contributed by atoms with Gasteiger partial charge in [0.05, 0.1) is 25.7 Å². The number of ether oxygens (including phenoxy) is 3. The fourth-order valence-electron chi connectivity index (χ4n) is 4.51. The van der Waals surface area contributed by atoms with E-state index in [1.165, 1.54) is 0 Å². The maximum atomic E-state index is 13.4. The van der Waals surface area contributed by atoms with Crippen LogP contribution in [0.5, 0.6) is 11.5 Å². The maximum absolute atomic E-state index is 13.4. The molecule has 1 heterocycles. The van der Waals surface area contributed by atoms with E-state index in [0.29, 0.717) is 40.3 Å². The molecule has 2 aromatic carbocycles. The van der Waals surface area contributed by atoms with Gasteiger partial charge in [-0.15, -0.1) is 0 Å². The molecular weight excluding hydrogens is 406 g/mol. The number of dihydropyridines is 1. The molecule has 0 saturated carbocycles. The number of ketones is 1. The Kier molecular flexibility index (Phi) is 6.30. The second kappa shape index (κ2) is 9.30. The third-order valence-electron chi connectivity index (χ3n) is 5.95. The molecule has 1 aliphatic heterocycles. The van der Waals surface area contributed by atoms with E-state index < -0.39 is 11.9 Å². The van der Waals surface area contributed by atoms with Crippen molar-refractivity contribution < 1.29 is 23.8 Å². The lowest BCUT2D eigenvalue weighted by Gasteiger charge is -2.34. The third kappa shape index (κ3) is 4.00. The van der Waals surface area contributed by atoms with Crippen molar-refractivity contribution in [3.05, 3.63) is 82.2 Å². The number of allylic oxidation sites excluding steroid dienone is 3. The summed E-state index contributed by atoms with van der Waals surface area (Å²) in [5.74, 6) is 0.0392. The highest BCUT2D eigenvalue weighted by Crippen LogP contribution is 2.47. The summed E-state index contributed by atoms with van der Waals surface area (Å²) in [5, 5.41) is 3.31. The van der Waals surface area contributed by atoms with Gasteiger partial charge in [0, 0.05) is 29.0 Å². The first kappa shape index (κ1) is 21.7. The number of carbonyl (C=O) groups is 2. The first-order valence-corrected chi connectivity index (χ1v) is 10.7. The van der Waals surface area contributed by atoms with Crippen LogP contribution < -0.4 is 14.8 Å². The van der Waals surface area contributed by atoms with Crippen LogP contribution >= 0.6 is 0 Å². The number of carbonyl (C=O) groups excluding carboxylic acids is 2. The zero-order valence-corrected chi connectivity index (χ0v) is 18.6. The predicted molar refractivity (Wildman–Crippen MR) is 120 cm³/mol. The molecule has 1 atom stereocenters. The van der Waals surface area contributed by atoms with Crippen molar-refractivity contribution in [2.45, 2.75) is 38.7 Å². The Balaban J connectivity index is 1.79. The minimum atomic E-state index is -0.590. The average molecular weight is 434 g/mol. The van der Waals surface area contributed by atoms with E-state index in [0.717, 1.165) is 24.1 Å². The Hall–Kier alpha value is -3.54. The molecule has 6 heteroatoms. The van der Waals surface area contributed by atoms with Crippen LogP contribution in [0, 0.1) is 0 Å². The number of methoxy groups -OCH3 is 2. The van der Waals surface area contributed by atoms with Crippen molar-refractivity contribution in [1.29, 1.82) is 0 Å². The van der Waals surface area contributed by atoms with Crippen LogP contribution in [-0.4, -0.2) is 26.0 Å². The summed E-state index contributed by atoms with van der Waals surface area (Å²) in [5.41, 5.74) is 4.19. The molecule has 0 fully saturated rings. The SMILES string of the molecule is COc1cccc([C@H]2C(C(=O)OCc3ccccc3)=C(C)NC3=C2C(=O)CCC3)c1OC. The predicted octanol–water partition coefficient (Wildman–Crippen LogP) is 4.42. The van der Waals surface area contributed by atoms with Gasteiger partial charge in [-0.1, -0.05) is 42.5 Å². The smallest absolute Gasteiger partial charge is 0.337 e. The standard InChI is InChI=1S/C26H27NO5/c1-16-22(26(29)32-15-17-9-5-4-6-10-17)23(24-19(27-16)12-8-13-20(24)28)18-11-7-14-21(30-2)25(18)31-3/h4-7,9-11,14,23,27H,8,12-13,15H2,1-3H3/t23-/m0/s1. The molecule has 0 aromatic heterocycles. The molecule has 2 aliphatic rings. The summed E-state index contributed by atoms with van der Waals surface area (Å²) in [4.78, 5) is 26.5. The van der Waals surface area contributed by atoms with Crippen molar-refractivity contribution in [2.75, 3.05) is 14.2 Å². The van der Waals surface area contributed by atoms with Crippen LogP contribution in [0.25, 0.3) is 0 Å². The monoisotopic (exact) mass is 433 g/mol. The normalized spacial score (nSPS) is 18.1. The van der Waals surface area contributed by atoms with Crippen molar-refractivity contribution in [2.24, 2.45) is 0 Å². The van der Waals surface area contributed by atoms with Gasteiger partial charge in [0.25, 0.3) is 0 Å². The number of hydrogen-bond acceptors (Lipinski definition) is 6. The maximum Gasteiger partial charge on any atom is 0.337 e. The van der Waals surface area contributed by atoms with E-state index in [1.54, 1.807) is 20.3 Å². The summed E-state index contributed by atoms with van der Waals surface area (Å²) >= 11 is 0. The highest BCUT2D eigenvalue weighted by Gasteiger charge is 2.40. The van der Waals surface area contributed by atoms with Crippen LogP contribution in [0.4, 0.5) is 0 Å². The number of esters is 1. The summed E-state index contributed by atoms with van der Waals surface area (Å²) in [6.07, 6.45) is 2.00. The zero-order valence-electron chi connectivity index (χ0n) is 18.6. The highest BCUT2D eigenvalue weighted by molar-refractivity contribution is 6.04. The lowest BCUT2D eigenvalue weighted by Crippen LogP contribution is -2.34. The number of hydrogen-bond donors (Lipinski definition) is 1. The summed E-state index contributed by atoms with van der Waals surface area (Å²) in [6, 6.07) is 15.0. The number of Topliss-reactive ketones (excluding diaryl/α,β-unsaturated/α-hetero) is 1. The molecule has 0 spiro atoms. The van der Waals surface area contributed by atoms with Crippen molar-refractivity contribution in [1.82, 2.24) is 5.32 Å². The first-order chi connectivity index (χ1) is 15.5. The minimum Gasteiger partial charge on any atom is -0.493 e. The molecule has 0 bridgehead atoms. The molecule has 0 unspecified atom stereocenters. The van der Waals surface area contributed by atoms with Crippen molar-refractivity contribution in [3.63, 3.8) is 0 Å². The molecule has 0 amide bonds. The second-order valence-electron chi connectivity index (χ2n) is 7.91. The summed E-state index contributed by atoms with van der Waals surface area (Å²) in [6.45, 7) is 2.00. The van der Waals surface area contributed by atoms with Gasteiger partial charge in [-0.05, 0) is 31.4 Å². The van der Waals surface area contributed by atoms with Crippen LogP contribution in [0.1, 0.15) is 43.2 Å². The highest BCUT2D eigenvalue weighted by atomic mass is 16.5. The van der Waals surface area contributed by atoms with E-state index in [2.05, 4.69) is 5.32 Å². The van der Waals surface area contributed by atoms with E-state index in [4.69, 9.17) is 14.2 Å². The Bertz CT molecular complexity index is 1100.